The van der Waals surface area contributed by atoms with Crippen molar-refractivity contribution in [2.24, 2.45) is 0 Å². The van der Waals surface area contributed by atoms with E-state index in [9.17, 15) is 4.79 Å². The molecule has 0 bridgehead atoms. The highest BCUT2D eigenvalue weighted by Gasteiger charge is 2.18. The minimum Gasteiger partial charge on any atom is -0.340 e. The molecule has 1 aromatic carbocycles. The molecule has 0 saturated carbocycles. The van der Waals surface area contributed by atoms with Gasteiger partial charge in [0.25, 0.3) is 0 Å². The van der Waals surface area contributed by atoms with Gasteiger partial charge in [-0.2, -0.15) is 5.10 Å². The lowest BCUT2D eigenvalue weighted by molar-refractivity contribution is -0.132. The minimum absolute atomic E-state index is 0.251. The first-order valence-corrected chi connectivity index (χ1v) is 7.78. The smallest absolute Gasteiger partial charge is 0.222 e. The van der Waals surface area contributed by atoms with Gasteiger partial charge in [0.05, 0.1) is 11.9 Å². The molecule has 0 aliphatic carbocycles. The van der Waals surface area contributed by atoms with Crippen molar-refractivity contribution in [3.8, 4) is 5.69 Å². The van der Waals surface area contributed by atoms with Crippen molar-refractivity contribution in [3.05, 3.63) is 48.3 Å². The largest absolute Gasteiger partial charge is 0.340 e. The number of carbonyl (C=O) groups is 1. The number of benzene rings is 1. The third kappa shape index (κ3) is 3.54. The van der Waals surface area contributed by atoms with Crippen LogP contribution in [0.4, 0.5) is 0 Å². The SMILES string of the molecule is CN1CCN(C(=O)CCc2cnn(-c3ccccc3)c2)CC1. The first-order valence-electron chi connectivity index (χ1n) is 7.78. The van der Waals surface area contributed by atoms with Crippen LogP contribution in [-0.4, -0.2) is 58.7 Å². The number of nitrogens with zero attached hydrogens (tertiary/aromatic N) is 4. The summed E-state index contributed by atoms with van der Waals surface area (Å²) in [6, 6.07) is 10.0. The van der Waals surface area contributed by atoms with Crippen LogP contribution in [0.1, 0.15) is 12.0 Å². The maximum absolute atomic E-state index is 12.2. The molecule has 5 nitrogen and oxygen atoms in total. The molecule has 1 aliphatic heterocycles. The molecule has 5 heteroatoms. The van der Waals surface area contributed by atoms with Gasteiger partial charge in [0.15, 0.2) is 0 Å². The molecule has 1 amide bonds. The van der Waals surface area contributed by atoms with Crippen LogP contribution in [0.3, 0.4) is 0 Å². The minimum atomic E-state index is 0.251. The zero-order valence-corrected chi connectivity index (χ0v) is 13.0. The lowest BCUT2D eigenvalue weighted by Gasteiger charge is -2.32. The van der Waals surface area contributed by atoms with E-state index in [0.717, 1.165) is 43.9 Å². The van der Waals surface area contributed by atoms with Gasteiger partial charge in [-0.3, -0.25) is 4.79 Å². The molecule has 22 heavy (non-hydrogen) atoms. The summed E-state index contributed by atoms with van der Waals surface area (Å²) in [6.45, 7) is 3.63. The molecular formula is C17H22N4O. The predicted octanol–water partition coefficient (Wildman–Crippen LogP) is 1.58. The Bertz CT molecular complexity index is 615. The van der Waals surface area contributed by atoms with Crippen LogP contribution < -0.4 is 0 Å². The maximum Gasteiger partial charge on any atom is 0.222 e. The highest BCUT2D eigenvalue weighted by atomic mass is 16.2. The normalized spacial score (nSPS) is 16.0. The fourth-order valence-corrected chi connectivity index (χ4v) is 2.68. The summed E-state index contributed by atoms with van der Waals surface area (Å²) in [6.07, 6.45) is 5.17. The Kier molecular flexibility index (Phi) is 4.53. The van der Waals surface area contributed by atoms with Crippen LogP contribution in [0.25, 0.3) is 5.69 Å². The topological polar surface area (TPSA) is 41.4 Å². The quantitative estimate of drug-likeness (QED) is 0.860. The number of carbonyl (C=O) groups excluding carboxylic acids is 1. The molecule has 3 rings (SSSR count). The highest BCUT2D eigenvalue weighted by molar-refractivity contribution is 5.76. The number of para-hydroxylation sites is 1. The summed E-state index contributed by atoms with van der Waals surface area (Å²) in [7, 11) is 2.10. The van der Waals surface area contributed by atoms with Gasteiger partial charge in [0.1, 0.15) is 0 Å². The van der Waals surface area contributed by atoms with Crippen molar-refractivity contribution in [2.45, 2.75) is 12.8 Å². The Hall–Kier alpha value is -2.14. The fourth-order valence-electron chi connectivity index (χ4n) is 2.68. The summed E-state index contributed by atoms with van der Waals surface area (Å²) in [5.74, 6) is 0.251. The van der Waals surface area contributed by atoms with Crippen molar-refractivity contribution in [2.75, 3.05) is 33.2 Å². The summed E-state index contributed by atoms with van der Waals surface area (Å²) in [4.78, 5) is 16.5. The third-order valence-corrected chi connectivity index (χ3v) is 4.14. The predicted molar refractivity (Wildman–Crippen MR) is 86.0 cm³/mol. The van der Waals surface area contributed by atoms with Gasteiger partial charge in [0, 0.05) is 38.8 Å². The lowest BCUT2D eigenvalue weighted by atomic mass is 10.2. The number of aryl methyl sites for hydroxylation is 1. The van der Waals surface area contributed by atoms with Gasteiger partial charge in [-0.05, 0) is 31.2 Å². The van der Waals surface area contributed by atoms with Gasteiger partial charge >= 0.3 is 0 Å². The molecule has 1 aromatic heterocycles. The molecule has 2 heterocycles. The number of hydrogen-bond acceptors (Lipinski definition) is 3. The van der Waals surface area contributed by atoms with E-state index in [4.69, 9.17) is 0 Å². The van der Waals surface area contributed by atoms with Gasteiger partial charge in [-0.1, -0.05) is 18.2 Å². The van der Waals surface area contributed by atoms with Gasteiger partial charge in [-0.15, -0.1) is 0 Å². The van der Waals surface area contributed by atoms with E-state index in [1.54, 1.807) is 0 Å². The van der Waals surface area contributed by atoms with E-state index in [1.807, 2.05) is 52.3 Å². The van der Waals surface area contributed by atoms with Crippen LogP contribution in [0.5, 0.6) is 0 Å². The van der Waals surface area contributed by atoms with E-state index >= 15 is 0 Å². The molecular weight excluding hydrogens is 276 g/mol. The van der Waals surface area contributed by atoms with E-state index in [2.05, 4.69) is 17.0 Å². The van der Waals surface area contributed by atoms with E-state index < -0.39 is 0 Å². The second-order valence-electron chi connectivity index (χ2n) is 5.81. The van der Waals surface area contributed by atoms with Gasteiger partial charge in [0.2, 0.25) is 5.91 Å². The lowest BCUT2D eigenvalue weighted by Crippen LogP contribution is -2.47. The van der Waals surface area contributed by atoms with Crippen molar-refractivity contribution in [3.63, 3.8) is 0 Å². The number of likely N-dealkylation sites (N-methyl/N-ethyl adjacent to an activating group) is 1. The van der Waals surface area contributed by atoms with E-state index in [1.165, 1.54) is 0 Å². The molecule has 0 atom stereocenters. The van der Waals surface area contributed by atoms with Gasteiger partial charge < -0.3 is 9.80 Å². The molecule has 1 saturated heterocycles. The first kappa shape index (κ1) is 14.8. The Morgan fingerprint density at radius 1 is 1.14 bits per heavy atom. The standard InChI is InChI=1S/C17H22N4O/c1-19-9-11-20(12-10-19)17(22)8-7-15-13-18-21(14-15)16-5-3-2-4-6-16/h2-6,13-14H,7-12H2,1H3. The fraction of sp³-hybridized carbons (Fsp3) is 0.412. The molecule has 2 aromatic rings. The highest BCUT2D eigenvalue weighted by Crippen LogP contribution is 2.10. The molecule has 0 N–H and O–H groups in total. The number of piperazine rings is 1. The van der Waals surface area contributed by atoms with Crippen LogP contribution in [0.15, 0.2) is 42.7 Å². The Morgan fingerprint density at radius 3 is 2.59 bits per heavy atom. The Balaban J connectivity index is 1.54. The monoisotopic (exact) mass is 298 g/mol. The third-order valence-electron chi connectivity index (χ3n) is 4.14. The zero-order chi connectivity index (χ0) is 15.4. The molecule has 0 spiro atoms. The number of amides is 1. The van der Waals surface area contributed by atoms with Crippen LogP contribution in [-0.2, 0) is 11.2 Å². The van der Waals surface area contributed by atoms with Crippen LogP contribution in [0.2, 0.25) is 0 Å². The summed E-state index contributed by atoms with van der Waals surface area (Å²) < 4.78 is 1.86. The molecule has 116 valence electrons. The van der Waals surface area contributed by atoms with E-state index in [-0.39, 0.29) is 5.91 Å². The van der Waals surface area contributed by atoms with Crippen molar-refractivity contribution in [1.82, 2.24) is 19.6 Å². The van der Waals surface area contributed by atoms with Gasteiger partial charge in [-0.25, -0.2) is 4.68 Å². The van der Waals surface area contributed by atoms with Crippen molar-refractivity contribution >= 4 is 5.91 Å². The molecule has 1 fully saturated rings. The average Bonchev–Trinajstić information content (AvgIpc) is 3.03. The maximum atomic E-state index is 12.2. The summed E-state index contributed by atoms with van der Waals surface area (Å²) in [5, 5.41) is 4.37. The summed E-state index contributed by atoms with van der Waals surface area (Å²) >= 11 is 0. The van der Waals surface area contributed by atoms with Crippen LogP contribution >= 0.6 is 0 Å². The molecule has 0 unspecified atom stereocenters. The van der Waals surface area contributed by atoms with Crippen LogP contribution in [0, 0.1) is 0 Å². The number of aromatic nitrogens is 2. The second-order valence-corrected chi connectivity index (χ2v) is 5.81. The number of rotatable bonds is 4. The summed E-state index contributed by atoms with van der Waals surface area (Å²) in [5.41, 5.74) is 2.14. The van der Waals surface area contributed by atoms with Crippen molar-refractivity contribution < 1.29 is 4.79 Å². The second kappa shape index (κ2) is 6.75. The first-order chi connectivity index (χ1) is 10.7. The molecule has 0 radical (unpaired) electrons. The van der Waals surface area contributed by atoms with E-state index in [0.29, 0.717) is 6.42 Å². The zero-order valence-electron chi connectivity index (χ0n) is 13.0. The number of hydrogen-bond donors (Lipinski definition) is 0. The Morgan fingerprint density at radius 2 is 1.86 bits per heavy atom. The average molecular weight is 298 g/mol. The van der Waals surface area contributed by atoms with Crippen molar-refractivity contribution in [1.29, 1.82) is 0 Å². The Labute approximate surface area is 131 Å². The molecule has 1 aliphatic rings.